The van der Waals surface area contributed by atoms with Gasteiger partial charge in [-0.05, 0) is 11.6 Å². The Morgan fingerprint density at radius 2 is 2.06 bits per heavy atom. The molecule has 6 nitrogen and oxygen atoms in total. The van der Waals surface area contributed by atoms with E-state index in [-0.39, 0.29) is 24.5 Å². The molecule has 1 rings (SSSR count). The van der Waals surface area contributed by atoms with E-state index in [1.807, 2.05) is 0 Å². The summed E-state index contributed by atoms with van der Waals surface area (Å²) in [6.45, 7) is 0.386. The molecule has 0 aromatic heterocycles. The van der Waals surface area contributed by atoms with Crippen LogP contribution in [0.3, 0.4) is 0 Å². The lowest BCUT2D eigenvalue weighted by Gasteiger charge is -2.04. The molecule has 1 aromatic rings. The van der Waals surface area contributed by atoms with Crippen LogP contribution in [0.15, 0.2) is 18.2 Å². The van der Waals surface area contributed by atoms with Crippen LogP contribution in [-0.4, -0.2) is 31.9 Å². The normalized spacial score (nSPS) is 11.4. The molecule has 0 atom stereocenters. The summed E-state index contributed by atoms with van der Waals surface area (Å²) in [5.41, 5.74) is 0.0742. The number of rotatable bonds is 6. The summed E-state index contributed by atoms with van der Waals surface area (Å²) in [6.07, 6.45) is 1.11. The van der Waals surface area contributed by atoms with E-state index in [0.717, 1.165) is 12.3 Å². The second-order valence-electron chi connectivity index (χ2n) is 3.88. The van der Waals surface area contributed by atoms with E-state index in [2.05, 4.69) is 5.32 Å². The lowest BCUT2D eigenvalue weighted by Crippen LogP contribution is -2.22. The minimum atomic E-state index is -3.05. The lowest BCUT2D eigenvalue weighted by molar-refractivity contribution is -0.385. The maximum absolute atomic E-state index is 13.1. The molecule has 8 heteroatoms. The summed E-state index contributed by atoms with van der Waals surface area (Å²) >= 11 is 0. The van der Waals surface area contributed by atoms with Crippen LogP contribution in [0.2, 0.25) is 0 Å². The van der Waals surface area contributed by atoms with Crippen LogP contribution in [0.5, 0.6) is 0 Å². The maximum Gasteiger partial charge on any atom is 0.272 e. The first-order valence-electron chi connectivity index (χ1n) is 5.10. The van der Waals surface area contributed by atoms with Crippen molar-refractivity contribution in [2.45, 2.75) is 6.54 Å². The third-order valence-electron chi connectivity index (χ3n) is 2.13. The molecule has 0 unspecified atom stereocenters. The summed E-state index contributed by atoms with van der Waals surface area (Å²) in [5.74, 6) is -0.728. The number of non-ortho nitro benzene ring substituents is 1. The average Bonchev–Trinajstić information content (AvgIpc) is 2.22. The first kappa shape index (κ1) is 14.5. The summed E-state index contributed by atoms with van der Waals surface area (Å²) in [5, 5.41) is 13.3. The first-order chi connectivity index (χ1) is 8.28. The van der Waals surface area contributed by atoms with Crippen LogP contribution in [0.25, 0.3) is 0 Å². The number of nitro benzene ring substituents is 1. The first-order valence-corrected chi connectivity index (χ1v) is 7.16. The van der Waals surface area contributed by atoms with E-state index in [4.69, 9.17) is 0 Å². The molecule has 100 valence electrons. The van der Waals surface area contributed by atoms with Gasteiger partial charge in [0.1, 0.15) is 15.7 Å². The van der Waals surface area contributed by atoms with Crippen molar-refractivity contribution in [1.29, 1.82) is 0 Å². The molecule has 0 aliphatic rings. The summed E-state index contributed by atoms with van der Waals surface area (Å²) in [6, 6.07) is 3.25. The Hall–Kier alpha value is -1.54. The predicted octanol–water partition coefficient (Wildman–Crippen LogP) is 0.868. The molecule has 18 heavy (non-hydrogen) atoms. The van der Waals surface area contributed by atoms with E-state index in [1.54, 1.807) is 0 Å². The zero-order chi connectivity index (χ0) is 13.8. The third-order valence-corrected chi connectivity index (χ3v) is 3.08. The van der Waals surface area contributed by atoms with Gasteiger partial charge in [0.15, 0.2) is 0 Å². The topological polar surface area (TPSA) is 89.3 Å². The zero-order valence-electron chi connectivity index (χ0n) is 9.72. The molecule has 0 amide bonds. The van der Waals surface area contributed by atoms with Gasteiger partial charge < -0.3 is 5.32 Å². The Kier molecular flexibility index (Phi) is 4.74. The Balaban J connectivity index is 2.60. The Labute approximate surface area is 104 Å². The number of sulfone groups is 1. The fourth-order valence-corrected chi connectivity index (χ4v) is 1.85. The second kappa shape index (κ2) is 5.87. The molecule has 0 radical (unpaired) electrons. The van der Waals surface area contributed by atoms with Crippen molar-refractivity contribution in [3.63, 3.8) is 0 Å². The Morgan fingerprint density at radius 1 is 1.39 bits per heavy atom. The maximum atomic E-state index is 13.1. The van der Waals surface area contributed by atoms with Gasteiger partial charge in [-0.3, -0.25) is 10.1 Å². The van der Waals surface area contributed by atoms with Gasteiger partial charge in [-0.25, -0.2) is 12.8 Å². The van der Waals surface area contributed by atoms with Crippen molar-refractivity contribution in [1.82, 2.24) is 5.32 Å². The van der Waals surface area contributed by atoms with Crippen LogP contribution < -0.4 is 5.32 Å². The monoisotopic (exact) mass is 276 g/mol. The van der Waals surface area contributed by atoms with Crippen molar-refractivity contribution < 1.29 is 17.7 Å². The van der Waals surface area contributed by atoms with Crippen molar-refractivity contribution in [2.75, 3.05) is 18.6 Å². The van der Waals surface area contributed by atoms with Gasteiger partial charge in [-0.1, -0.05) is 0 Å². The molecule has 0 heterocycles. The Morgan fingerprint density at radius 3 is 2.61 bits per heavy atom. The van der Waals surface area contributed by atoms with Gasteiger partial charge in [-0.15, -0.1) is 0 Å². The number of halogens is 1. The number of hydrogen-bond donors (Lipinski definition) is 1. The van der Waals surface area contributed by atoms with Gasteiger partial charge >= 0.3 is 0 Å². The fourth-order valence-electron chi connectivity index (χ4n) is 1.33. The zero-order valence-corrected chi connectivity index (χ0v) is 10.5. The van der Waals surface area contributed by atoms with E-state index in [0.29, 0.717) is 5.56 Å². The van der Waals surface area contributed by atoms with E-state index in [1.165, 1.54) is 12.1 Å². The minimum Gasteiger partial charge on any atom is -0.312 e. The van der Waals surface area contributed by atoms with Crippen LogP contribution in [0.4, 0.5) is 10.1 Å². The van der Waals surface area contributed by atoms with E-state index < -0.39 is 20.6 Å². The van der Waals surface area contributed by atoms with Crippen molar-refractivity contribution in [3.8, 4) is 0 Å². The molecule has 0 bridgehead atoms. The summed E-state index contributed by atoms with van der Waals surface area (Å²) in [7, 11) is -3.05. The van der Waals surface area contributed by atoms with Crippen LogP contribution in [0, 0.1) is 15.9 Å². The Bertz CT molecular complexity index is 545. The van der Waals surface area contributed by atoms with Gasteiger partial charge in [-0.2, -0.15) is 0 Å². The number of nitro groups is 1. The third kappa shape index (κ3) is 5.19. The highest BCUT2D eigenvalue weighted by Gasteiger charge is 2.09. The quantitative estimate of drug-likeness (QED) is 0.473. The molecule has 1 N–H and O–H groups in total. The van der Waals surface area contributed by atoms with Crippen LogP contribution in [0.1, 0.15) is 5.56 Å². The van der Waals surface area contributed by atoms with Gasteiger partial charge in [0.2, 0.25) is 0 Å². The number of nitrogens with zero attached hydrogens (tertiary/aromatic N) is 1. The van der Waals surface area contributed by atoms with E-state index in [9.17, 15) is 22.9 Å². The second-order valence-corrected chi connectivity index (χ2v) is 6.14. The van der Waals surface area contributed by atoms with Crippen molar-refractivity contribution >= 4 is 15.5 Å². The van der Waals surface area contributed by atoms with Crippen LogP contribution in [-0.2, 0) is 16.4 Å². The smallest absolute Gasteiger partial charge is 0.272 e. The predicted molar refractivity (Wildman–Crippen MR) is 64.5 cm³/mol. The highest BCUT2D eigenvalue weighted by molar-refractivity contribution is 7.90. The van der Waals surface area contributed by atoms with Gasteiger partial charge in [0, 0.05) is 25.4 Å². The SMILES string of the molecule is CS(=O)(=O)CCNCc1cc(F)cc([N+](=O)[O-])c1. The summed E-state index contributed by atoms with van der Waals surface area (Å²) < 4.78 is 34.8. The molecular formula is C10H13FN2O4S. The molecule has 0 saturated heterocycles. The molecule has 1 aromatic carbocycles. The van der Waals surface area contributed by atoms with Crippen molar-refractivity contribution in [3.05, 3.63) is 39.7 Å². The number of hydrogen-bond acceptors (Lipinski definition) is 5. The number of nitrogens with one attached hydrogen (secondary N) is 1. The van der Waals surface area contributed by atoms with Gasteiger partial charge in [0.25, 0.3) is 5.69 Å². The molecule has 0 fully saturated rings. The number of benzene rings is 1. The largest absolute Gasteiger partial charge is 0.312 e. The van der Waals surface area contributed by atoms with Crippen molar-refractivity contribution in [2.24, 2.45) is 0 Å². The van der Waals surface area contributed by atoms with Gasteiger partial charge in [0.05, 0.1) is 16.7 Å². The van der Waals surface area contributed by atoms with Crippen LogP contribution >= 0.6 is 0 Å². The highest BCUT2D eigenvalue weighted by atomic mass is 32.2. The molecule has 0 aliphatic carbocycles. The standard InChI is InChI=1S/C10H13FN2O4S/c1-18(16,17)3-2-12-7-8-4-9(11)6-10(5-8)13(14)15/h4-6,12H,2-3,7H2,1H3. The molecule has 0 saturated carbocycles. The van der Waals surface area contributed by atoms with E-state index >= 15 is 0 Å². The molecule has 0 aliphatic heterocycles. The average molecular weight is 276 g/mol. The fraction of sp³-hybridized carbons (Fsp3) is 0.400. The minimum absolute atomic E-state index is 0.0373. The molecule has 0 spiro atoms. The molecular weight excluding hydrogens is 263 g/mol. The summed E-state index contributed by atoms with van der Waals surface area (Å²) in [4.78, 5) is 9.83. The highest BCUT2D eigenvalue weighted by Crippen LogP contribution is 2.15. The lowest BCUT2D eigenvalue weighted by atomic mass is 10.2.